The van der Waals surface area contributed by atoms with E-state index in [2.05, 4.69) is 17.0 Å². The third-order valence-corrected chi connectivity index (χ3v) is 4.97. The molecule has 0 aliphatic carbocycles. The summed E-state index contributed by atoms with van der Waals surface area (Å²) in [4.78, 5) is 3.17. The Balaban J connectivity index is 2.02. The van der Waals surface area contributed by atoms with Crippen LogP contribution in [0.5, 0.6) is 0 Å². The molecule has 1 aromatic heterocycles. The van der Waals surface area contributed by atoms with Crippen LogP contribution in [-0.2, 0) is 13.0 Å². The van der Waals surface area contributed by atoms with Crippen molar-refractivity contribution in [2.75, 3.05) is 17.2 Å². The van der Waals surface area contributed by atoms with E-state index in [1.165, 1.54) is 11.3 Å². The summed E-state index contributed by atoms with van der Waals surface area (Å²) in [6, 6.07) is 9.69. The third kappa shape index (κ3) is 2.21. The molecule has 0 bridgehead atoms. The van der Waals surface area contributed by atoms with Gasteiger partial charge < -0.3 is 10.6 Å². The SMILES string of the molecule is N#Cc1cccc(Cl)c1N1CCc2c(sc(N)c2C#N)C1. The summed E-state index contributed by atoms with van der Waals surface area (Å²) >= 11 is 7.71. The van der Waals surface area contributed by atoms with Crippen molar-refractivity contribution in [2.45, 2.75) is 13.0 Å². The van der Waals surface area contributed by atoms with Crippen molar-refractivity contribution in [3.05, 3.63) is 44.8 Å². The Bertz CT molecular complexity index is 797. The number of benzene rings is 1. The number of fused-ring (bicyclic) bond motifs is 1. The molecule has 0 unspecified atom stereocenters. The van der Waals surface area contributed by atoms with Crippen molar-refractivity contribution in [1.82, 2.24) is 0 Å². The van der Waals surface area contributed by atoms with Crippen molar-refractivity contribution >= 4 is 33.6 Å². The molecule has 2 heterocycles. The Hall–Kier alpha value is -2.21. The second kappa shape index (κ2) is 5.29. The molecule has 3 rings (SSSR count). The Kier molecular flexibility index (Phi) is 3.47. The molecular formula is C15H11ClN4S. The van der Waals surface area contributed by atoms with Gasteiger partial charge in [-0.15, -0.1) is 11.3 Å². The van der Waals surface area contributed by atoms with Gasteiger partial charge in [0.15, 0.2) is 0 Å². The van der Waals surface area contributed by atoms with E-state index in [1.54, 1.807) is 18.2 Å². The Labute approximate surface area is 131 Å². The number of rotatable bonds is 1. The highest BCUT2D eigenvalue weighted by atomic mass is 35.5. The quantitative estimate of drug-likeness (QED) is 0.876. The van der Waals surface area contributed by atoms with E-state index < -0.39 is 0 Å². The molecule has 0 saturated carbocycles. The number of hydrogen-bond acceptors (Lipinski definition) is 5. The summed E-state index contributed by atoms with van der Waals surface area (Å²) < 4.78 is 0. The van der Waals surface area contributed by atoms with Crippen LogP contribution >= 0.6 is 22.9 Å². The molecule has 21 heavy (non-hydrogen) atoms. The predicted octanol–water partition coefficient (Wildman–Crippen LogP) is 3.29. The fourth-order valence-electron chi connectivity index (χ4n) is 2.67. The van der Waals surface area contributed by atoms with Crippen molar-refractivity contribution in [3.8, 4) is 12.1 Å². The average Bonchev–Trinajstić information content (AvgIpc) is 2.80. The van der Waals surface area contributed by atoms with Crippen LogP contribution in [0.25, 0.3) is 0 Å². The maximum Gasteiger partial charge on any atom is 0.104 e. The Morgan fingerprint density at radius 2 is 2.10 bits per heavy atom. The largest absolute Gasteiger partial charge is 0.389 e. The van der Waals surface area contributed by atoms with E-state index >= 15 is 0 Å². The lowest BCUT2D eigenvalue weighted by atomic mass is 10.0. The lowest BCUT2D eigenvalue weighted by Crippen LogP contribution is -2.30. The maximum absolute atomic E-state index is 9.26. The molecule has 0 radical (unpaired) electrons. The highest BCUT2D eigenvalue weighted by molar-refractivity contribution is 7.16. The topological polar surface area (TPSA) is 76.8 Å². The molecule has 2 N–H and O–H groups in total. The smallest absolute Gasteiger partial charge is 0.104 e. The van der Waals surface area contributed by atoms with E-state index in [1.807, 2.05) is 0 Å². The van der Waals surface area contributed by atoms with Gasteiger partial charge in [0.25, 0.3) is 0 Å². The number of nitrogens with two attached hydrogens (primary N) is 1. The zero-order valence-electron chi connectivity index (χ0n) is 11.1. The maximum atomic E-state index is 9.26. The first-order chi connectivity index (χ1) is 10.2. The van der Waals surface area contributed by atoms with Gasteiger partial charge in [-0.05, 0) is 24.1 Å². The fourth-order valence-corrected chi connectivity index (χ4v) is 4.04. The van der Waals surface area contributed by atoms with Gasteiger partial charge in [-0.3, -0.25) is 0 Å². The van der Waals surface area contributed by atoms with Gasteiger partial charge in [0, 0.05) is 11.4 Å². The number of hydrogen-bond donors (Lipinski definition) is 1. The van der Waals surface area contributed by atoms with Crippen molar-refractivity contribution in [2.24, 2.45) is 0 Å². The minimum Gasteiger partial charge on any atom is -0.389 e. The molecule has 1 aliphatic heterocycles. The van der Waals surface area contributed by atoms with Crippen LogP contribution in [0.3, 0.4) is 0 Å². The number of nitriles is 2. The van der Waals surface area contributed by atoms with Crippen LogP contribution in [-0.4, -0.2) is 6.54 Å². The van der Waals surface area contributed by atoms with Gasteiger partial charge in [-0.2, -0.15) is 10.5 Å². The molecule has 4 nitrogen and oxygen atoms in total. The number of anilines is 2. The number of nitrogens with zero attached hydrogens (tertiary/aromatic N) is 3. The lowest BCUT2D eigenvalue weighted by molar-refractivity contribution is 0.743. The minimum atomic E-state index is 0.566. The van der Waals surface area contributed by atoms with Gasteiger partial charge in [-0.25, -0.2) is 0 Å². The number of thiophene rings is 1. The average molecular weight is 315 g/mol. The van der Waals surface area contributed by atoms with Gasteiger partial charge in [0.1, 0.15) is 17.1 Å². The van der Waals surface area contributed by atoms with Gasteiger partial charge in [0.2, 0.25) is 0 Å². The third-order valence-electron chi connectivity index (χ3n) is 3.62. The van der Waals surface area contributed by atoms with Gasteiger partial charge in [0.05, 0.1) is 28.4 Å². The molecule has 0 amide bonds. The molecule has 0 fully saturated rings. The highest BCUT2D eigenvalue weighted by Gasteiger charge is 2.25. The predicted molar refractivity (Wildman–Crippen MR) is 84.4 cm³/mol. The van der Waals surface area contributed by atoms with Crippen molar-refractivity contribution in [1.29, 1.82) is 10.5 Å². The summed E-state index contributed by atoms with van der Waals surface area (Å²) in [5.41, 5.74) is 8.88. The second-order valence-electron chi connectivity index (χ2n) is 4.77. The molecule has 0 saturated heterocycles. The summed E-state index contributed by atoms with van der Waals surface area (Å²) in [7, 11) is 0. The van der Waals surface area contributed by atoms with E-state index in [0.717, 1.165) is 29.1 Å². The lowest BCUT2D eigenvalue weighted by Gasteiger charge is -2.30. The first-order valence-electron chi connectivity index (χ1n) is 6.39. The summed E-state index contributed by atoms with van der Waals surface area (Å²) in [5.74, 6) is 0. The van der Waals surface area contributed by atoms with Gasteiger partial charge in [-0.1, -0.05) is 17.7 Å². The Morgan fingerprint density at radius 3 is 2.81 bits per heavy atom. The molecule has 0 spiro atoms. The highest BCUT2D eigenvalue weighted by Crippen LogP contribution is 2.38. The molecule has 6 heteroatoms. The van der Waals surface area contributed by atoms with Crippen LogP contribution < -0.4 is 10.6 Å². The fraction of sp³-hybridized carbons (Fsp3) is 0.200. The van der Waals surface area contributed by atoms with E-state index in [9.17, 15) is 10.5 Å². The number of para-hydroxylation sites is 1. The number of nitrogen functional groups attached to an aromatic ring is 1. The molecule has 0 atom stereocenters. The van der Waals surface area contributed by atoms with Crippen LogP contribution in [0, 0.1) is 22.7 Å². The van der Waals surface area contributed by atoms with Crippen LogP contribution in [0.15, 0.2) is 18.2 Å². The van der Waals surface area contributed by atoms with Crippen molar-refractivity contribution < 1.29 is 0 Å². The van der Waals surface area contributed by atoms with Crippen molar-refractivity contribution in [3.63, 3.8) is 0 Å². The monoisotopic (exact) mass is 314 g/mol. The molecule has 2 aromatic rings. The standard InChI is InChI=1S/C15H11ClN4S/c16-12-3-1-2-9(6-17)14(12)20-5-4-10-11(7-18)15(19)21-13(10)8-20/h1-3H,4-5,8,19H2. The summed E-state index contributed by atoms with van der Waals surface area (Å²) in [6.07, 6.45) is 0.738. The first-order valence-corrected chi connectivity index (χ1v) is 7.58. The number of halogens is 1. The summed E-state index contributed by atoms with van der Waals surface area (Å²) in [5, 5.41) is 19.6. The van der Waals surface area contributed by atoms with Gasteiger partial charge >= 0.3 is 0 Å². The van der Waals surface area contributed by atoms with E-state index in [4.69, 9.17) is 17.3 Å². The normalized spacial score (nSPS) is 13.4. The van der Waals surface area contributed by atoms with E-state index in [-0.39, 0.29) is 0 Å². The second-order valence-corrected chi connectivity index (χ2v) is 6.32. The zero-order valence-corrected chi connectivity index (χ0v) is 12.6. The molecule has 1 aliphatic rings. The van der Waals surface area contributed by atoms with E-state index in [0.29, 0.717) is 27.7 Å². The molecule has 1 aromatic carbocycles. The zero-order chi connectivity index (χ0) is 15.0. The van der Waals surface area contributed by atoms with Crippen LogP contribution in [0.2, 0.25) is 5.02 Å². The minimum absolute atomic E-state index is 0.566. The first kappa shape index (κ1) is 13.8. The summed E-state index contributed by atoms with van der Waals surface area (Å²) in [6.45, 7) is 1.35. The van der Waals surface area contributed by atoms with Crippen LogP contribution in [0.1, 0.15) is 21.6 Å². The van der Waals surface area contributed by atoms with Crippen LogP contribution in [0.4, 0.5) is 10.7 Å². The Morgan fingerprint density at radius 1 is 1.29 bits per heavy atom. The molecular weight excluding hydrogens is 304 g/mol. The molecule has 104 valence electrons.